The third-order valence-corrected chi connectivity index (χ3v) is 3.97. The van der Waals surface area contributed by atoms with E-state index in [1.807, 2.05) is 0 Å². The van der Waals surface area contributed by atoms with Crippen LogP contribution in [0.4, 0.5) is 5.00 Å². The second kappa shape index (κ2) is 8.67. The van der Waals surface area contributed by atoms with Crippen molar-refractivity contribution in [2.24, 2.45) is 5.73 Å². The lowest BCUT2D eigenvalue weighted by atomic mass is 10.2. The van der Waals surface area contributed by atoms with E-state index >= 15 is 0 Å². The molecule has 2 amide bonds. The number of nitrogens with one attached hydrogen (secondary N) is 1. The molecule has 1 aromatic heterocycles. The standard InChI is InChI=1S/C17H16N2O6S/c1-24-13-8-10(2-4-12(13)20)3-5-15(22)25-9-14(21)19-17-11(16(18)23)6-7-26-17/h2-8,20H,9H2,1H3,(H2,18,23)(H,19,21). The molecule has 0 saturated carbocycles. The maximum Gasteiger partial charge on any atom is 0.331 e. The Bertz CT molecular complexity index is 859. The number of amides is 2. The van der Waals surface area contributed by atoms with Crippen molar-refractivity contribution < 1.29 is 29.0 Å². The number of primary amides is 1. The van der Waals surface area contributed by atoms with Gasteiger partial charge in [-0.05, 0) is 35.2 Å². The summed E-state index contributed by atoms with van der Waals surface area (Å²) >= 11 is 1.13. The molecule has 0 unspecified atom stereocenters. The smallest absolute Gasteiger partial charge is 0.331 e. The van der Waals surface area contributed by atoms with Gasteiger partial charge in [0, 0.05) is 6.08 Å². The van der Waals surface area contributed by atoms with E-state index in [1.54, 1.807) is 11.4 Å². The van der Waals surface area contributed by atoms with Gasteiger partial charge in [0.05, 0.1) is 12.7 Å². The number of thiophene rings is 1. The lowest BCUT2D eigenvalue weighted by molar-refractivity contribution is -0.142. The molecule has 2 rings (SSSR count). The molecule has 0 spiro atoms. The average Bonchev–Trinajstić information content (AvgIpc) is 3.07. The molecule has 0 aliphatic carbocycles. The van der Waals surface area contributed by atoms with Gasteiger partial charge in [0.1, 0.15) is 5.00 Å². The normalized spacial score (nSPS) is 10.5. The lowest BCUT2D eigenvalue weighted by Gasteiger charge is -2.05. The molecule has 8 nitrogen and oxygen atoms in total. The maximum absolute atomic E-state index is 11.8. The first-order valence-electron chi connectivity index (χ1n) is 7.29. The Kier molecular flexibility index (Phi) is 6.34. The molecule has 4 N–H and O–H groups in total. The molecular weight excluding hydrogens is 360 g/mol. The number of anilines is 1. The van der Waals surface area contributed by atoms with Gasteiger partial charge < -0.3 is 25.6 Å². The quantitative estimate of drug-likeness (QED) is 0.499. The second-order valence-corrected chi connectivity index (χ2v) is 5.86. The lowest BCUT2D eigenvalue weighted by Crippen LogP contribution is -2.21. The summed E-state index contributed by atoms with van der Waals surface area (Å²) in [4.78, 5) is 34.6. The van der Waals surface area contributed by atoms with Crippen molar-refractivity contribution in [1.29, 1.82) is 0 Å². The molecular formula is C17H16N2O6S. The number of aromatic hydroxyl groups is 1. The van der Waals surface area contributed by atoms with Gasteiger partial charge in [0.15, 0.2) is 18.1 Å². The van der Waals surface area contributed by atoms with Crippen molar-refractivity contribution in [3.63, 3.8) is 0 Å². The summed E-state index contributed by atoms with van der Waals surface area (Å²) < 4.78 is 9.79. The summed E-state index contributed by atoms with van der Waals surface area (Å²) in [6.07, 6.45) is 2.59. The number of methoxy groups -OCH3 is 1. The minimum absolute atomic E-state index is 0.0206. The highest BCUT2D eigenvalue weighted by Crippen LogP contribution is 2.26. The predicted octanol–water partition coefficient (Wildman–Crippen LogP) is 1.76. The van der Waals surface area contributed by atoms with Crippen LogP contribution in [0.5, 0.6) is 11.5 Å². The largest absolute Gasteiger partial charge is 0.504 e. The molecule has 2 aromatic rings. The highest BCUT2D eigenvalue weighted by atomic mass is 32.1. The number of benzene rings is 1. The monoisotopic (exact) mass is 376 g/mol. The van der Waals surface area contributed by atoms with E-state index in [4.69, 9.17) is 15.2 Å². The Labute approximate surface area is 152 Å². The molecule has 9 heteroatoms. The van der Waals surface area contributed by atoms with Gasteiger partial charge in [-0.2, -0.15) is 0 Å². The number of ether oxygens (including phenoxy) is 2. The number of phenolic OH excluding ortho intramolecular Hbond substituents is 1. The van der Waals surface area contributed by atoms with Crippen molar-refractivity contribution >= 4 is 40.2 Å². The van der Waals surface area contributed by atoms with Gasteiger partial charge in [0.25, 0.3) is 11.8 Å². The van der Waals surface area contributed by atoms with E-state index in [0.29, 0.717) is 10.6 Å². The van der Waals surface area contributed by atoms with Crippen LogP contribution in [0.3, 0.4) is 0 Å². The number of hydrogen-bond donors (Lipinski definition) is 3. The second-order valence-electron chi connectivity index (χ2n) is 4.95. The van der Waals surface area contributed by atoms with Gasteiger partial charge in [-0.1, -0.05) is 6.07 Å². The number of phenols is 1. The minimum atomic E-state index is -0.728. The molecule has 0 aliphatic heterocycles. The Hall–Kier alpha value is -3.33. The van der Waals surface area contributed by atoms with E-state index in [1.165, 1.54) is 31.4 Å². The van der Waals surface area contributed by atoms with E-state index in [0.717, 1.165) is 17.4 Å². The highest BCUT2D eigenvalue weighted by Gasteiger charge is 2.13. The van der Waals surface area contributed by atoms with Gasteiger partial charge in [-0.25, -0.2) is 4.79 Å². The van der Waals surface area contributed by atoms with Crippen LogP contribution >= 0.6 is 11.3 Å². The molecule has 1 aromatic carbocycles. The molecule has 136 valence electrons. The van der Waals surface area contributed by atoms with Gasteiger partial charge >= 0.3 is 5.97 Å². The molecule has 26 heavy (non-hydrogen) atoms. The number of carbonyl (C=O) groups is 3. The summed E-state index contributed by atoms with van der Waals surface area (Å²) in [5.41, 5.74) is 5.97. The molecule has 0 aliphatic rings. The summed E-state index contributed by atoms with van der Waals surface area (Å²) in [5, 5.41) is 13.9. The van der Waals surface area contributed by atoms with E-state index in [2.05, 4.69) is 5.32 Å². The summed E-state index contributed by atoms with van der Waals surface area (Å²) in [6, 6.07) is 6.03. The SMILES string of the molecule is COc1cc(C=CC(=O)OCC(=O)Nc2sccc2C(N)=O)ccc1O. The zero-order chi connectivity index (χ0) is 19.1. The Morgan fingerprint density at radius 2 is 2.08 bits per heavy atom. The molecule has 0 atom stereocenters. The summed E-state index contributed by atoms with van der Waals surface area (Å²) in [6.45, 7) is -0.516. The number of esters is 1. The van der Waals surface area contributed by atoms with Crippen LogP contribution in [-0.4, -0.2) is 36.6 Å². The molecule has 0 radical (unpaired) electrons. The fourth-order valence-electron chi connectivity index (χ4n) is 1.91. The van der Waals surface area contributed by atoms with E-state index < -0.39 is 24.4 Å². The topological polar surface area (TPSA) is 128 Å². The van der Waals surface area contributed by atoms with Gasteiger partial charge in [-0.15, -0.1) is 11.3 Å². The Morgan fingerprint density at radius 1 is 1.31 bits per heavy atom. The van der Waals surface area contributed by atoms with E-state index in [-0.39, 0.29) is 17.1 Å². The van der Waals surface area contributed by atoms with Crippen LogP contribution in [0, 0.1) is 0 Å². The van der Waals surface area contributed by atoms with Crippen LogP contribution < -0.4 is 15.8 Å². The first-order chi connectivity index (χ1) is 12.4. The molecule has 1 heterocycles. The summed E-state index contributed by atoms with van der Waals surface area (Å²) in [7, 11) is 1.41. The van der Waals surface area contributed by atoms with Crippen LogP contribution in [0.15, 0.2) is 35.7 Å². The van der Waals surface area contributed by atoms with Crippen LogP contribution in [-0.2, 0) is 14.3 Å². The molecule has 0 saturated heterocycles. The third kappa shape index (κ3) is 5.08. The first kappa shape index (κ1) is 19.0. The van der Waals surface area contributed by atoms with Crippen molar-refractivity contribution in [3.05, 3.63) is 46.8 Å². The Balaban J connectivity index is 1.87. The maximum atomic E-state index is 11.8. The van der Waals surface area contributed by atoms with Gasteiger partial charge in [0.2, 0.25) is 0 Å². The summed E-state index contributed by atoms with van der Waals surface area (Å²) in [5.74, 6) is -1.74. The number of nitrogens with two attached hydrogens (primary N) is 1. The van der Waals surface area contributed by atoms with Crippen molar-refractivity contribution in [2.75, 3.05) is 19.0 Å². The fourth-order valence-corrected chi connectivity index (χ4v) is 2.72. The van der Waals surface area contributed by atoms with Crippen molar-refractivity contribution in [2.45, 2.75) is 0 Å². The van der Waals surface area contributed by atoms with Crippen molar-refractivity contribution in [3.8, 4) is 11.5 Å². The fraction of sp³-hybridized carbons (Fsp3) is 0.118. The van der Waals surface area contributed by atoms with Crippen LogP contribution in [0.1, 0.15) is 15.9 Å². The van der Waals surface area contributed by atoms with Crippen molar-refractivity contribution in [1.82, 2.24) is 0 Å². The third-order valence-electron chi connectivity index (χ3n) is 3.14. The van der Waals surface area contributed by atoms with Crippen LogP contribution in [0.2, 0.25) is 0 Å². The highest BCUT2D eigenvalue weighted by molar-refractivity contribution is 7.14. The van der Waals surface area contributed by atoms with E-state index in [9.17, 15) is 19.5 Å². The predicted molar refractivity (Wildman–Crippen MR) is 96.1 cm³/mol. The van der Waals surface area contributed by atoms with Crippen LogP contribution in [0.25, 0.3) is 6.08 Å². The Morgan fingerprint density at radius 3 is 2.77 bits per heavy atom. The minimum Gasteiger partial charge on any atom is -0.504 e. The number of hydrogen-bond acceptors (Lipinski definition) is 7. The molecule has 0 fully saturated rings. The van der Waals surface area contributed by atoms with Gasteiger partial charge in [-0.3, -0.25) is 9.59 Å². The zero-order valence-electron chi connectivity index (χ0n) is 13.7. The first-order valence-corrected chi connectivity index (χ1v) is 8.17. The molecule has 0 bridgehead atoms. The zero-order valence-corrected chi connectivity index (χ0v) is 14.5. The number of rotatable bonds is 7. The number of carbonyl (C=O) groups excluding carboxylic acids is 3. The average molecular weight is 376 g/mol.